The van der Waals surface area contributed by atoms with Gasteiger partial charge in [-0.25, -0.2) is 0 Å². The molecular weight excluding hydrogens is 208 g/mol. The zero-order valence-corrected chi connectivity index (χ0v) is 11.2. The van der Waals surface area contributed by atoms with Gasteiger partial charge in [0.2, 0.25) is 0 Å². The average molecular weight is 232 g/mol. The fraction of sp³-hybridized carbons (Fsp3) is 0.600. The second-order valence-electron chi connectivity index (χ2n) is 5.24. The lowest BCUT2D eigenvalue weighted by Crippen LogP contribution is -2.44. The Bertz CT molecular complexity index is 341. The Morgan fingerprint density at radius 3 is 2.59 bits per heavy atom. The number of likely N-dealkylation sites (N-methyl/N-ethyl adjacent to an activating group) is 1. The Morgan fingerprint density at radius 1 is 1.12 bits per heavy atom. The Morgan fingerprint density at radius 2 is 1.88 bits per heavy atom. The highest BCUT2D eigenvalue weighted by molar-refractivity contribution is 5.22. The van der Waals surface area contributed by atoms with Crippen LogP contribution in [0.5, 0.6) is 0 Å². The molecular formula is C15H24N2. The molecule has 2 rings (SSSR count). The van der Waals surface area contributed by atoms with Gasteiger partial charge in [-0.2, -0.15) is 0 Å². The van der Waals surface area contributed by atoms with Crippen LogP contribution in [0.3, 0.4) is 0 Å². The molecule has 0 aliphatic carbocycles. The molecule has 0 spiro atoms. The first-order chi connectivity index (χ1) is 8.24. The van der Waals surface area contributed by atoms with Crippen molar-refractivity contribution in [2.45, 2.75) is 19.8 Å². The average Bonchev–Trinajstić information content (AvgIpc) is 2.32. The van der Waals surface area contributed by atoms with E-state index in [4.69, 9.17) is 0 Å². The lowest BCUT2D eigenvalue weighted by Gasteiger charge is -2.32. The van der Waals surface area contributed by atoms with E-state index in [1.54, 1.807) is 0 Å². The third-order valence-corrected chi connectivity index (χ3v) is 3.62. The predicted octanol–water partition coefficient (Wildman–Crippen LogP) is 2.18. The molecule has 1 aromatic carbocycles. The summed E-state index contributed by atoms with van der Waals surface area (Å²) in [5, 5.41) is 0. The van der Waals surface area contributed by atoms with Gasteiger partial charge < -0.3 is 9.80 Å². The number of benzene rings is 1. The summed E-state index contributed by atoms with van der Waals surface area (Å²) in [5.41, 5.74) is 2.86. The molecule has 1 heterocycles. The van der Waals surface area contributed by atoms with Crippen LogP contribution < -0.4 is 0 Å². The fourth-order valence-corrected chi connectivity index (χ4v) is 2.45. The van der Waals surface area contributed by atoms with Gasteiger partial charge in [0.15, 0.2) is 0 Å². The highest BCUT2D eigenvalue weighted by Gasteiger charge is 2.12. The van der Waals surface area contributed by atoms with Crippen LogP contribution in [0.4, 0.5) is 0 Å². The van der Waals surface area contributed by atoms with Crippen molar-refractivity contribution in [1.29, 1.82) is 0 Å². The third-order valence-electron chi connectivity index (χ3n) is 3.62. The van der Waals surface area contributed by atoms with Crippen LogP contribution in [0, 0.1) is 6.92 Å². The second kappa shape index (κ2) is 6.18. The largest absolute Gasteiger partial charge is 0.304 e. The van der Waals surface area contributed by atoms with Gasteiger partial charge in [0, 0.05) is 26.2 Å². The first-order valence-corrected chi connectivity index (χ1v) is 6.70. The maximum Gasteiger partial charge on any atom is 0.0110 e. The summed E-state index contributed by atoms with van der Waals surface area (Å²) in [4.78, 5) is 5.01. The molecule has 1 fully saturated rings. The second-order valence-corrected chi connectivity index (χ2v) is 5.24. The van der Waals surface area contributed by atoms with E-state index in [0.29, 0.717) is 0 Å². The molecule has 0 aromatic heterocycles. The predicted molar refractivity (Wildman–Crippen MR) is 73.4 cm³/mol. The number of piperazine rings is 1. The van der Waals surface area contributed by atoms with Crippen LogP contribution in [0.15, 0.2) is 24.3 Å². The van der Waals surface area contributed by atoms with Crippen LogP contribution in [0.2, 0.25) is 0 Å². The van der Waals surface area contributed by atoms with Gasteiger partial charge in [-0.15, -0.1) is 0 Å². The Hall–Kier alpha value is -0.860. The van der Waals surface area contributed by atoms with Crippen molar-refractivity contribution >= 4 is 0 Å². The molecule has 17 heavy (non-hydrogen) atoms. The van der Waals surface area contributed by atoms with Crippen molar-refractivity contribution in [2.75, 3.05) is 39.8 Å². The van der Waals surface area contributed by atoms with Crippen LogP contribution in [-0.2, 0) is 6.42 Å². The van der Waals surface area contributed by atoms with Crippen LogP contribution in [-0.4, -0.2) is 49.6 Å². The summed E-state index contributed by atoms with van der Waals surface area (Å²) < 4.78 is 0. The normalized spacial score (nSPS) is 18.5. The Balaban J connectivity index is 1.69. The number of rotatable bonds is 4. The first-order valence-electron chi connectivity index (χ1n) is 6.70. The van der Waals surface area contributed by atoms with Gasteiger partial charge in [0.1, 0.15) is 0 Å². The van der Waals surface area contributed by atoms with Crippen molar-refractivity contribution in [2.24, 2.45) is 0 Å². The summed E-state index contributed by atoms with van der Waals surface area (Å²) in [7, 11) is 2.21. The van der Waals surface area contributed by atoms with E-state index in [9.17, 15) is 0 Å². The molecule has 1 aliphatic rings. The number of hydrogen-bond acceptors (Lipinski definition) is 2. The zero-order valence-electron chi connectivity index (χ0n) is 11.2. The highest BCUT2D eigenvalue weighted by Crippen LogP contribution is 2.08. The van der Waals surface area contributed by atoms with Gasteiger partial charge in [0.25, 0.3) is 0 Å². The number of nitrogens with zero attached hydrogens (tertiary/aromatic N) is 2. The minimum atomic E-state index is 1.22. The molecule has 0 atom stereocenters. The van der Waals surface area contributed by atoms with Crippen molar-refractivity contribution in [1.82, 2.24) is 9.80 Å². The minimum absolute atomic E-state index is 1.22. The van der Waals surface area contributed by atoms with Gasteiger partial charge in [-0.1, -0.05) is 29.8 Å². The summed E-state index contributed by atoms with van der Waals surface area (Å²) in [5.74, 6) is 0. The minimum Gasteiger partial charge on any atom is -0.304 e. The van der Waals surface area contributed by atoms with Crippen LogP contribution in [0.1, 0.15) is 17.5 Å². The summed E-state index contributed by atoms with van der Waals surface area (Å²) in [6, 6.07) is 8.89. The van der Waals surface area contributed by atoms with E-state index in [-0.39, 0.29) is 0 Å². The lowest BCUT2D eigenvalue weighted by molar-refractivity contribution is 0.153. The SMILES string of the molecule is Cc1cccc(CCCN2CCN(C)CC2)c1. The number of hydrogen-bond donors (Lipinski definition) is 0. The van der Waals surface area contributed by atoms with Gasteiger partial charge in [-0.05, 0) is 38.9 Å². The van der Waals surface area contributed by atoms with Crippen molar-refractivity contribution in [3.63, 3.8) is 0 Å². The quantitative estimate of drug-likeness (QED) is 0.785. The van der Waals surface area contributed by atoms with Gasteiger partial charge in [0.05, 0.1) is 0 Å². The summed E-state index contributed by atoms with van der Waals surface area (Å²) >= 11 is 0. The zero-order chi connectivity index (χ0) is 12.1. The van der Waals surface area contributed by atoms with Gasteiger partial charge >= 0.3 is 0 Å². The van der Waals surface area contributed by atoms with E-state index < -0.39 is 0 Å². The Labute approximate surface area is 105 Å². The van der Waals surface area contributed by atoms with Crippen LogP contribution in [0.25, 0.3) is 0 Å². The first kappa shape index (κ1) is 12.6. The molecule has 1 aromatic rings. The summed E-state index contributed by atoms with van der Waals surface area (Å²) in [6.07, 6.45) is 2.50. The summed E-state index contributed by atoms with van der Waals surface area (Å²) in [6.45, 7) is 8.36. The van der Waals surface area contributed by atoms with Crippen LogP contribution >= 0.6 is 0 Å². The molecule has 0 unspecified atom stereocenters. The van der Waals surface area contributed by atoms with Gasteiger partial charge in [-0.3, -0.25) is 0 Å². The Kier molecular flexibility index (Phi) is 4.57. The molecule has 94 valence electrons. The topological polar surface area (TPSA) is 6.48 Å². The molecule has 0 radical (unpaired) electrons. The van der Waals surface area contributed by atoms with E-state index in [1.807, 2.05) is 0 Å². The van der Waals surface area contributed by atoms with E-state index in [2.05, 4.69) is 48.0 Å². The number of aryl methyl sites for hydroxylation is 2. The molecule has 0 bridgehead atoms. The van der Waals surface area contributed by atoms with Crippen molar-refractivity contribution in [3.05, 3.63) is 35.4 Å². The smallest absolute Gasteiger partial charge is 0.0110 e. The maximum atomic E-state index is 2.59. The van der Waals surface area contributed by atoms with E-state index in [0.717, 1.165) is 0 Å². The molecule has 0 N–H and O–H groups in total. The van der Waals surface area contributed by atoms with Crippen molar-refractivity contribution < 1.29 is 0 Å². The van der Waals surface area contributed by atoms with Crippen molar-refractivity contribution in [3.8, 4) is 0 Å². The fourth-order valence-electron chi connectivity index (χ4n) is 2.45. The monoisotopic (exact) mass is 232 g/mol. The highest BCUT2D eigenvalue weighted by atomic mass is 15.2. The molecule has 1 aliphatic heterocycles. The lowest BCUT2D eigenvalue weighted by atomic mass is 10.1. The molecule has 1 saturated heterocycles. The maximum absolute atomic E-state index is 2.59. The molecule has 2 nitrogen and oxygen atoms in total. The van der Waals surface area contributed by atoms with E-state index in [1.165, 1.54) is 56.7 Å². The van der Waals surface area contributed by atoms with E-state index >= 15 is 0 Å². The molecule has 2 heteroatoms. The standard InChI is InChI=1S/C15H24N2/c1-14-5-3-6-15(13-14)7-4-8-17-11-9-16(2)10-12-17/h3,5-6,13H,4,7-12H2,1-2H3. The third kappa shape index (κ3) is 4.14. The molecule has 0 amide bonds. The molecule has 0 saturated carbocycles.